The van der Waals surface area contributed by atoms with E-state index in [0.717, 1.165) is 5.69 Å². The third kappa shape index (κ3) is 4.76. The molecular formula is C17H19ClN2O2. The number of rotatable bonds is 6. The van der Waals surface area contributed by atoms with Crippen LogP contribution in [0.25, 0.3) is 0 Å². The highest BCUT2D eigenvalue weighted by atomic mass is 35.5. The predicted octanol–water partition coefficient (Wildman–Crippen LogP) is 2.57. The van der Waals surface area contributed by atoms with Crippen molar-refractivity contribution in [2.24, 2.45) is 0 Å². The van der Waals surface area contributed by atoms with E-state index in [-0.39, 0.29) is 12.5 Å². The van der Waals surface area contributed by atoms with Gasteiger partial charge in [0.1, 0.15) is 0 Å². The fraction of sp³-hybridized carbons (Fsp3) is 0.235. The average molecular weight is 319 g/mol. The molecule has 2 N–H and O–H groups in total. The van der Waals surface area contributed by atoms with Gasteiger partial charge in [0.15, 0.2) is 0 Å². The molecule has 4 nitrogen and oxygen atoms in total. The van der Waals surface area contributed by atoms with Crippen molar-refractivity contribution < 1.29 is 9.90 Å². The lowest BCUT2D eigenvalue weighted by molar-refractivity contribution is 0.0919. The Morgan fingerprint density at radius 3 is 2.45 bits per heavy atom. The molecule has 0 aliphatic heterocycles. The number of benzene rings is 2. The molecule has 0 fully saturated rings. The fourth-order valence-electron chi connectivity index (χ4n) is 2.08. The first-order valence-electron chi connectivity index (χ1n) is 7.04. The number of carbonyl (C=O) groups excluding carboxylic acids is 1. The van der Waals surface area contributed by atoms with Gasteiger partial charge in [0.25, 0.3) is 5.91 Å². The average Bonchev–Trinajstić information content (AvgIpc) is 2.54. The Labute approximate surface area is 135 Å². The van der Waals surface area contributed by atoms with Crippen LogP contribution in [0.15, 0.2) is 54.6 Å². The zero-order valence-electron chi connectivity index (χ0n) is 12.4. The first-order chi connectivity index (χ1) is 10.6. The van der Waals surface area contributed by atoms with Gasteiger partial charge in [-0.15, -0.1) is 0 Å². The van der Waals surface area contributed by atoms with E-state index in [0.29, 0.717) is 17.1 Å². The van der Waals surface area contributed by atoms with Crippen LogP contribution < -0.4 is 10.2 Å². The second kappa shape index (κ2) is 7.82. The maximum absolute atomic E-state index is 11.9. The highest BCUT2D eigenvalue weighted by Gasteiger charge is 2.11. The van der Waals surface area contributed by atoms with Gasteiger partial charge in [0.2, 0.25) is 0 Å². The first kappa shape index (κ1) is 16.3. The molecule has 2 aromatic carbocycles. The molecule has 0 aliphatic carbocycles. The fourth-order valence-corrected chi connectivity index (χ4v) is 2.21. The van der Waals surface area contributed by atoms with Gasteiger partial charge in [-0.25, -0.2) is 0 Å². The third-order valence-corrected chi connectivity index (χ3v) is 3.54. The number of anilines is 1. The molecule has 5 heteroatoms. The van der Waals surface area contributed by atoms with Crippen molar-refractivity contribution in [3.63, 3.8) is 0 Å². The van der Waals surface area contributed by atoms with Crippen LogP contribution >= 0.6 is 11.6 Å². The Morgan fingerprint density at radius 1 is 1.18 bits per heavy atom. The molecule has 0 saturated heterocycles. The Hall–Kier alpha value is -2.04. The summed E-state index contributed by atoms with van der Waals surface area (Å²) in [4.78, 5) is 13.8. The van der Waals surface area contributed by atoms with E-state index in [1.54, 1.807) is 36.4 Å². The molecule has 1 unspecified atom stereocenters. The van der Waals surface area contributed by atoms with Gasteiger partial charge in [0, 0.05) is 36.4 Å². The number of nitrogens with zero attached hydrogens (tertiary/aromatic N) is 1. The van der Waals surface area contributed by atoms with Crippen LogP contribution in [0.4, 0.5) is 5.69 Å². The van der Waals surface area contributed by atoms with Gasteiger partial charge in [-0.05, 0) is 36.4 Å². The summed E-state index contributed by atoms with van der Waals surface area (Å²) in [5.41, 5.74) is 1.54. The summed E-state index contributed by atoms with van der Waals surface area (Å²) in [7, 11) is 1.88. The Kier molecular flexibility index (Phi) is 5.81. The molecule has 22 heavy (non-hydrogen) atoms. The summed E-state index contributed by atoms with van der Waals surface area (Å²) in [6.45, 7) is 0.613. The van der Waals surface area contributed by atoms with E-state index >= 15 is 0 Å². The predicted molar refractivity (Wildman–Crippen MR) is 89.5 cm³/mol. The van der Waals surface area contributed by atoms with Crippen molar-refractivity contribution in [1.29, 1.82) is 0 Å². The SMILES string of the molecule is CN(CC(O)CNC(=O)c1ccccc1)c1ccc(Cl)cc1. The molecule has 1 atom stereocenters. The highest BCUT2D eigenvalue weighted by molar-refractivity contribution is 6.30. The summed E-state index contributed by atoms with van der Waals surface area (Å²) in [5, 5.41) is 13.5. The van der Waals surface area contributed by atoms with E-state index in [4.69, 9.17) is 11.6 Å². The van der Waals surface area contributed by atoms with Crippen LogP contribution in [0.2, 0.25) is 5.02 Å². The minimum absolute atomic E-state index is 0.186. The Bertz CT molecular complexity index is 602. The standard InChI is InChI=1S/C17H19ClN2O2/c1-20(15-9-7-14(18)8-10-15)12-16(21)11-19-17(22)13-5-3-2-4-6-13/h2-10,16,21H,11-12H2,1H3,(H,19,22). The quantitative estimate of drug-likeness (QED) is 0.860. The van der Waals surface area contributed by atoms with E-state index < -0.39 is 6.10 Å². The van der Waals surface area contributed by atoms with E-state index in [9.17, 15) is 9.90 Å². The molecular weight excluding hydrogens is 300 g/mol. The summed E-state index contributed by atoms with van der Waals surface area (Å²) < 4.78 is 0. The molecule has 116 valence electrons. The summed E-state index contributed by atoms with van der Waals surface area (Å²) in [5.74, 6) is -0.186. The molecule has 2 aromatic rings. The second-order valence-electron chi connectivity index (χ2n) is 5.09. The maximum Gasteiger partial charge on any atom is 0.251 e. The summed E-state index contributed by atoms with van der Waals surface area (Å²) >= 11 is 5.85. The van der Waals surface area contributed by atoms with Crippen molar-refractivity contribution in [3.05, 3.63) is 65.2 Å². The highest BCUT2D eigenvalue weighted by Crippen LogP contribution is 2.16. The third-order valence-electron chi connectivity index (χ3n) is 3.29. The smallest absolute Gasteiger partial charge is 0.251 e. The number of halogens is 1. The molecule has 0 aliphatic rings. The van der Waals surface area contributed by atoms with Crippen molar-refractivity contribution in [3.8, 4) is 0 Å². The molecule has 0 spiro atoms. The molecule has 0 heterocycles. The maximum atomic E-state index is 11.9. The number of hydrogen-bond donors (Lipinski definition) is 2. The summed E-state index contributed by atoms with van der Waals surface area (Å²) in [6.07, 6.45) is -0.659. The Morgan fingerprint density at radius 2 is 1.82 bits per heavy atom. The van der Waals surface area contributed by atoms with Gasteiger partial charge in [-0.1, -0.05) is 29.8 Å². The normalized spacial score (nSPS) is 11.8. The molecule has 0 aromatic heterocycles. The van der Waals surface area contributed by atoms with Crippen LogP contribution in [0.5, 0.6) is 0 Å². The van der Waals surface area contributed by atoms with Crippen molar-refractivity contribution in [2.75, 3.05) is 25.0 Å². The molecule has 0 saturated carbocycles. The number of hydrogen-bond acceptors (Lipinski definition) is 3. The van der Waals surface area contributed by atoms with E-state index in [1.807, 2.05) is 30.1 Å². The molecule has 1 amide bonds. The molecule has 0 radical (unpaired) electrons. The molecule has 2 rings (SSSR count). The minimum atomic E-state index is -0.659. The lowest BCUT2D eigenvalue weighted by Gasteiger charge is -2.23. The van der Waals surface area contributed by atoms with Gasteiger partial charge in [0.05, 0.1) is 6.10 Å². The van der Waals surface area contributed by atoms with Crippen LogP contribution in [0.3, 0.4) is 0 Å². The lowest BCUT2D eigenvalue weighted by Crippen LogP contribution is -2.38. The van der Waals surface area contributed by atoms with Crippen LogP contribution in [-0.2, 0) is 0 Å². The van der Waals surface area contributed by atoms with Gasteiger partial charge in [-0.2, -0.15) is 0 Å². The summed E-state index contributed by atoms with van der Waals surface area (Å²) in [6, 6.07) is 16.3. The van der Waals surface area contributed by atoms with E-state index in [1.165, 1.54) is 0 Å². The zero-order chi connectivity index (χ0) is 15.9. The second-order valence-corrected chi connectivity index (χ2v) is 5.52. The van der Waals surface area contributed by atoms with Gasteiger partial charge >= 0.3 is 0 Å². The van der Waals surface area contributed by atoms with E-state index in [2.05, 4.69) is 5.32 Å². The topological polar surface area (TPSA) is 52.6 Å². The van der Waals surface area contributed by atoms with Crippen LogP contribution in [0, 0.1) is 0 Å². The number of amides is 1. The number of nitrogens with one attached hydrogen (secondary N) is 1. The van der Waals surface area contributed by atoms with Crippen molar-refractivity contribution >= 4 is 23.2 Å². The lowest BCUT2D eigenvalue weighted by atomic mass is 10.2. The minimum Gasteiger partial charge on any atom is -0.389 e. The zero-order valence-corrected chi connectivity index (χ0v) is 13.1. The van der Waals surface area contributed by atoms with Crippen molar-refractivity contribution in [2.45, 2.75) is 6.10 Å². The monoisotopic (exact) mass is 318 g/mol. The number of aliphatic hydroxyl groups excluding tert-OH is 1. The van der Waals surface area contributed by atoms with Crippen LogP contribution in [-0.4, -0.2) is 37.3 Å². The van der Waals surface area contributed by atoms with Crippen LogP contribution in [0.1, 0.15) is 10.4 Å². The first-order valence-corrected chi connectivity index (χ1v) is 7.42. The molecule has 0 bridgehead atoms. The van der Waals surface area contributed by atoms with Gasteiger partial charge in [-0.3, -0.25) is 4.79 Å². The number of carbonyl (C=O) groups is 1. The van der Waals surface area contributed by atoms with Gasteiger partial charge < -0.3 is 15.3 Å². The Balaban J connectivity index is 1.81. The largest absolute Gasteiger partial charge is 0.389 e. The van der Waals surface area contributed by atoms with Crippen molar-refractivity contribution in [1.82, 2.24) is 5.32 Å². The number of aliphatic hydroxyl groups is 1. The number of likely N-dealkylation sites (N-methyl/N-ethyl adjacent to an activating group) is 1.